The quantitative estimate of drug-likeness (QED) is 0.328. The van der Waals surface area contributed by atoms with Gasteiger partial charge in [-0.05, 0) is 36.4 Å². The molecule has 2 aromatic carbocycles. The van der Waals surface area contributed by atoms with Gasteiger partial charge in [0.25, 0.3) is 0 Å². The maximum atomic E-state index is 14.3. The van der Waals surface area contributed by atoms with Crippen LogP contribution in [0.1, 0.15) is 6.92 Å². The van der Waals surface area contributed by atoms with Crippen LogP contribution in [0.25, 0.3) is 10.9 Å². The Kier molecular flexibility index (Phi) is 7.14. The van der Waals surface area contributed by atoms with Crippen LogP contribution in [0.15, 0.2) is 53.8 Å². The van der Waals surface area contributed by atoms with E-state index >= 15 is 0 Å². The highest BCUT2D eigenvalue weighted by Crippen LogP contribution is 2.35. The third kappa shape index (κ3) is 5.54. The summed E-state index contributed by atoms with van der Waals surface area (Å²) >= 11 is 3.22. The SMILES string of the molecule is C=CC(=O)Nc1c(OCCNC(C)=O)ccc2c(Nc3ccc(Br)cc3F)ncnc12. The summed E-state index contributed by atoms with van der Waals surface area (Å²) in [6.45, 7) is 5.34. The van der Waals surface area contributed by atoms with E-state index in [1.165, 1.54) is 19.3 Å². The van der Waals surface area contributed by atoms with Crippen molar-refractivity contribution in [2.75, 3.05) is 23.8 Å². The number of rotatable bonds is 8. The first-order valence-corrected chi connectivity index (χ1v) is 9.98. The van der Waals surface area contributed by atoms with Crippen molar-refractivity contribution in [3.63, 3.8) is 0 Å². The van der Waals surface area contributed by atoms with E-state index in [0.717, 1.165) is 6.08 Å². The Balaban J connectivity index is 1.99. The Morgan fingerprint density at radius 3 is 2.77 bits per heavy atom. The predicted molar refractivity (Wildman–Crippen MR) is 120 cm³/mol. The largest absolute Gasteiger partial charge is 0.489 e. The van der Waals surface area contributed by atoms with Gasteiger partial charge < -0.3 is 20.7 Å². The molecule has 0 aliphatic rings. The van der Waals surface area contributed by atoms with E-state index in [0.29, 0.717) is 39.2 Å². The van der Waals surface area contributed by atoms with Crippen molar-refractivity contribution >= 4 is 55.8 Å². The van der Waals surface area contributed by atoms with E-state index in [-0.39, 0.29) is 18.2 Å². The number of anilines is 3. The Morgan fingerprint density at radius 1 is 1.26 bits per heavy atom. The van der Waals surface area contributed by atoms with Crippen LogP contribution in [0.2, 0.25) is 0 Å². The minimum absolute atomic E-state index is 0.175. The summed E-state index contributed by atoms with van der Waals surface area (Å²) in [5.74, 6) is -0.380. The summed E-state index contributed by atoms with van der Waals surface area (Å²) in [4.78, 5) is 31.5. The molecule has 0 bridgehead atoms. The zero-order valence-electron chi connectivity index (χ0n) is 16.5. The molecule has 0 atom stereocenters. The maximum Gasteiger partial charge on any atom is 0.247 e. The van der Waals surface area contributed by atoms with Crippen molar-refractivity contribution in [3.05, 3.63) is 59.6 Å². The number of nitrogens with one attached hydrogen (secondary N) is 3. The number of carbonyl (C=O) groups excluding carboxylic acids is 2. The average Bonchev–Trinajstić information content (AvgIpc) is 2.74. The number of halogens is 2. The molecule has 1 aromatic heterocycles. The van der Waals surface area contributed by atoms with E-state index in [9.17, 15) is 14.0 Å². The fourth-order valence-electron chi connectivity index (χ4n) is 2.73. The van der Waals surface area contributed by atoms with Gasteiger partial charge in [0.2, 0.25) is 11.8 Å². The maximum absolute atomic E-state index is 14.3. The molecule has 0 aliphatic carbocycles. The van der Waals surface area contributed by atoms with Gasteiger partial charge in [0, 0.05) is 16.8 Å². The van der Waals surface area contributed by atoms with Gasteiger partial charge in [0.15, 0.2) is 0 Å². The molecule has 0 unspecified atom stereocenters. The van der Waals surface area contributed by atoms with E-state index in [2.05, 4.69) is 48.4 Å². The van der Waals surface area contributed by atoms with Crippen molar-refractivity contribution in [2.45, 2.75) is 6.92 Å². The molecule has 2 amide bonds. The molecule has 3 N–H and O–H groups in total. The minimum Gasteiger partial charge on any atom is -0.489 e. The van der Waals surface area contributed by atoms with Crippen LogP contribution in [0.5, 0.6) is 5.75 Å². The Hall–Kier alpha value is -3.53. The zero-order chi connectivity index (χ0) is 22.4. The lowest BCUT2D eigenvalue weighted by molar-refractivity contribution is -0.119. The number of benzene rings is 2. The van der Waals surface area contributed by atoms with Gasteiger partial charge in [-0.3, -0.25) is 9.59 Å². The molecule has 3 rings (SSSR count). The molecule has 10 heteroatoms. The third-order valence-corrected chi connectivity index (χ3v) is 4.61. The number of aromatic nitrogens is 2. The van der Waals surface area contributed by atoms with Crippen LogP contribution in [-0.2, 0) is 9.59 Å². The minimum atomic E-state index is -0.459. The topological polar surface area (TPSA) is 105 Å². The number of nitrogens with zero attached hydrogens (tertiary/aromatic N) is 2. The first kappa shape index (κ1) is 22.2. The van der Waals surface area contributed by atoms with Crippen LogP contribution >= 0.6 is 15.9 Å². The number of carbonyl (C=O) groups is 2. The van der Waals surface area contributed by atoms with Crippen molar-refractivity contribution in [3.8, 4) is 5.75 Å². The number of hydrogen-bond donors (Lipinski definition) is 3. The Morgan fingerprint density at radius 2 is 2.06 bits per heavy atom. The van der Waals surface area contributed by atoms with Gasteiger partial charge in [-0.15, -0.1) is 0 Å². The van der Waals surface area contributed by atoms with Crippen LogP contribution < -0.4 is 20.7 Å². The van der Waals surface area contributed by atoms with Gasteiger partial charge in [-0.25, -0.2) is 14.4 Å². The molecule has 0 spiro atoms. The van der Waals surface area contributed by atoms with E-state index < -0.39 is 11.7 Å². The molecule has 0 fully saturated rings. The lowest BCUT2D eigenvalue weighted by Crippen LogP contribution is -2.25. The van der Waals surface area contributed by atoms with Gasteiger partial charge >= 0.3 is 0 Å². The molecule has 1 heterocycles. The smallest absolute Gasteiger partial charge is 0.247 e. The monoisotopic (exact) mass is 487 g/mol. The zero-order valence-corrected chi connectivity index (χ0v) is 18.1. The summed E-state index contributed by atoms with van der Waals surface area (Å²) in [5.41, 5.74) is 0.935. The highest BCUT2D eigenvalue weighted by Gasteiger charge is 2.16. The molecule has 8 nitrogen and oxygen atoms in total. The van der Waals surface area contributed by atoms with Crippen molar-refractivity contribution in [2.24, 2.45) is 0 Å². The number of hydrogen-bond acceptors (Lipinski definition) is 6. The van der Waals surface area contributed by atoms with Crippen molar-refractivity contribution in [1.82, 2.24) is 15.3 Å². The third-order valence-electron chi connectivity index (χ3n) is 4.12. The fourth-order valence-corrected chi connectivity index (χ4v) is 3.07. The van der Waals surface area contributed by atoms with Crippen LogP contribution in [-0.4, -0.2) is 34.9 Å². The first-order chi connectivity index (χ1) is 14.9. The standard InChI is InChI=1S/C21H19BrFN5O3/c1-3-18(30)28-20-17(31-9-8-24-12(2)29)7-5-14-19(20)25-11-26-21(14)27-16-6-4-13(22)10-15(16)23/h3-7,10-11H,1,8-9H2,2H3,(H,24,29)(H,28,30)(H,25,26,27). The Bertz CT molecular complexity index is 1160. The number of ether oxygens (including phenoxy) is 1. The summed E-state index contributed by atoms with van der Waals surface area (Å²) in [7, 11) is 0. The van der Waals surface area contributed by atoms with Gasteiger partial charge in [-0.2, -0.15) is 0 Å². The fraction of sp³-hybridized carbons (Fsp3) is 0.143. The predicted octanol–water partition coefficient (Wildman–Crippen LogP) is 3.91. The van der Waals surface area contributed by atoms with E-state index in [1.54, 1.807) is 24.3 Å². The lowest BCUT2D eigenvalue weighted by Gasteiger charge is -2.16. The van der Waals surface area contributed by atoms with Crippen molar-refractivity contribution < 1.29 is 18.7 Å². The van der Waals surface area contributed by atoms with Crippen LogP contribution in [0, 0.1) is 5.82 Å². The molecule has 3 aromatic rings. The number of fused-ring (bicyclic) bond motifs is 1. The molecular weight excluding hydrogens is 469 g/mol. The van der Waals surface area contributed by atoms with Gasteiger partial charge in [0.1, 0.15) is 41.5 Å². The summed E-state index contributed by atoms with van der Waals surface area (Å²) < 4.78 is 20.6. The van der Waals surface area contributed by atoms with E-state index in [1.807, 2.05) is 0 Å². The van der Waals surface area contributed by atoms with Crippen molar-refractivity contribution in [1.29, 1.82) is 0 Å². The highest BCUT2D eigenvalue weighted by atomic mass is 79.9. The first-order valence-electron chi connectivity index (χ1n) is 9.19. The highest BCUT2D eigenvalue weighted by molar-refractivity contribution is 9.10. The Labute approximate surface area is 186 Å². The van der Waals surface area contributed by atoms with Crippen LogP contribution in [0.3, 0.4) is 0 Å². The summed E-state index contributed by atoms with van der Waals surface area (Å²) in [5, 5.41) is 8.82. The normalized spacial score (nSPS) is 10.4. The second-order valence-corrected chi connectivity index (χ2v) is 7.25. The molecule has 0 saturated heterocycles. The summed E-state index contributed by atoms with van der Waals surface area (Å²) in [6, 6.07) is 7.95. The van der Waals surface area contributed by atoms with Gasteiger partial charge in [0.05, 0.1) is 12.2 Å². The summed E-state index contributed by atoms with van der Waals surface area (Å²) in [6.07, 6.45) is 2.42. The second kappa shape index (κ2) is 9.98. The molecule has 0 aliphatic heterocycles. The average molecular weight is 488 g/mol. The van der Waals surface area contributed by atoms with Gasteiger partial charge in [-0.1, -0.05) is 22.5 Å². The van der Waals surface area contributed by atoms with Crippen LogP contribution in [0.4, 0.5) is 21.6 Å². The second-order valence-electron chi connectivity index (χ2n) is 6.33. The number of amides is 2. The lowest BCUT2D eigenvalue weighted by atomic mass is 10.1. The molecule has 0 radical (unpaired) electrons. The molecule has 160 valence electrons. The van der Waals surface area contributed by atoms with E-state index in [4.69, 9.17) is 4.74 Å². The molecular formula is C21H19BrFN5O3. The molecule has 31 heavy (non-hydrogen) atoms. The molecule has 0 saturated carbocycles.